The van der Waals surface area contributed by atoms with Gasteiger partial charge in [0.2, 0.25) is 11.8 Å². The van der Waals surface area contributed by atoms with E-state index >= 15 is 0 Å². The summed E-state index contributed by atoms with van der Waals surface area (Å²) in [5.41, 5.74) is 3.08. The quantitative estimate of drug-likeness (QED) is 0.532. The highest BCUT2D eigenvalue weighted by Crippen LogP contribution is 2.23. The van der Waals surface area contributed by atoms with Crippen molar-refractivity contribution in [2.24, 2.45) is 0 Å². The van der Waals surface area contributed by atoms with Gasteiger partial charge in [0, 0.05) is 19.6 Å². The molecule has 0 radical (unpaired) electrons. The first-order chi connectivity index (χ1) is 15.5. The molecule has 1 N–H and O–H groups in total. The topological polar surface area (TPSA) is 80.1 Å². The summed E-state index contributed by atoms with van der Waals surface area (Å²) in [6, 6.07) is 15.3. The second-order valence-corrected chi connectivity index (χ2v) is 8.82. The number of fused-ring (bicyclic) bond motifs is 1. The Hall–Kier alpha value is -2.84. The molecule has 2 aromatic carbocycles. The lowest BCUT2D eigenvalue weighted by Crippen LogP contribution is -2.37. The highest BCUT2D eigenvalue weighted by molar-refractivity contribution is 7.99. The second kappa shape index (κ2) is 10.2. The SMILES string of the molecule is CCn1c(CC(=O)Nc2ccccc2Cl)nnc1SCC(=O)N1CCc2ccccc2C1. The number of anilines is 1. The maximum Gasteiger partial charge on any atom is 0.233 e. The Morgan fingerprint density at radius 3 is 2.62 bits per heavy atom. The van der Waals surface area contributed by atoms with Crippen molar-refractivity contribution in [3.63, 3.8) is 0 Å². The average molecular weight is 470 g/mol. The zero-order valence-corrected chi connectivity index (χ0v) is 19.3. The van der Waals surface area contributed by atoms with Crippen LogP contribution in [0.2, 0.25) is 5.02 Å². The van der Waals surface area contributed by atoms with Gasteiger partial charge in [0.15, 0.2) is 5.16 Å². The van der Waals surface area contributed by atoms with Gasteiger partial charge in [-0.1, -0.05) is 59.8 Å². The fraction of sp³-hybridized carbons (Fsp3) is 0.304. The third-order valence-electron chi connectivity index (χ3n) is 5.38. The molecule has 0 saturated carbocycles. The van der Waals surface area contributed by atoms with Crippen LogP contribution in [0.3, 0.4) is 0 Å². The van der Waals surface area contributed by atoms with Gasteiger partial charge in [-0.2, -0.15) is 0 Å². The molecule has 4 rings (SSSR count). The molecule has 0 spiro atoms. The minimum absolute atomic E-state index is 0.0729. The number of rotatable bonds is 7. The molecule has 7 nitrogen and oxygen atoms in total. The molecule has 0 saturated heterocycles. The van der Waals surface area contributed by atoms with Crippen molar-refractivity contribution in [2.75, 3.05) is 17.6 Å². The predicted octanol–water partition coefficient (Wildman–Crippen LogP) is 3.81. The third kappa shape index (κ3) is 5.14. The summed E-state index contributed by atoms with van der Waals surface area (Å²) in [6.07, 6.45) is 0.950. The van der Waals surface area contributed by atoms with Gasteiger partial charge in [0.1, 0.15) is 5.82 Å². The third-order valence-corrected chi connectivity index (χ3v) is 6.67. The van der Waals surface area contributed by atoms with Crippen LogP contribution >= 0.6 is 23.4 Å². The number of carbonyl (C=O) groups excluding carboxylic acids is 2. The van der Waals surface area contributed by atoms with E-state index in [1.54, 1.807) is 18.2 Å². The highest BCUT2D eigenvalue weighted by Gasteiger charge is 2.22. The average Bonchev–Trinajstić information content (AvgIpc) is 3.19. The van der Waals surface area contributed by atoms with Crippen LogP contribution in [0.15, 0.2) is 53.7 Å². The van der Waals surface area contributed by atoms with E-state index in [1.165, 1.54) is 22.9 Å². The van der Waals surface area contributed by atoms with Crippen molar-refractivity contribution < 1.29 is 9.59 Å². The van der Waals surface area contributed by atoms with Gasteiger partial charge in [-0.05, 0) is 36.6 Å². The molecule has 0 fully saturated rings. The number of nitrogens with one attached hydrogen (secondary N) is 1. The minimum atomic E-state index is -0.222. The summed E-state index contributed by atoms with van der Waals surface area (Å²) in [5.74, 6) is 0.693. The van der Waals surface area contributed by atoms with Crippen LogP contribution in [0.1, 0.15) is 23.9 Å². The first kappa shape index (κ1) is 22.4. The molecular weight excluding hydrogens is 446 g/mol. The normalized spacial score (nSPS) is 13.0. The predicted molar refractivity (Wildman–Crippen MR) is 126 cm³/mol. The minimum Gasteiger partial charge on any atom is -0.337 e. The number of hydrogen-bond donors (Lipinski definition) is 1. The molecule has 0 bridgehead atoms. The molecule has 166 valence electrons. The maximum atomic E-state index is 12.8. The summed E-state index contributed by atoms with van der Waals surface area (Å²) in [7, 11) is 0. The largest absolute Gasteiger partial charge is 0.337 e. The summed E-state index contributed by atoms with van der Waals surface area (Å²) >= 11 is 7.46. The van der Waals surface area contributed by atoms with Crippen molar-refractivity contribution in [1.29, 1.82) is 0 Å². The van der Waals surface area contributed by atoms with Gasteiger partial charge in [0.05, 0.1) is 22.9 Å². The number of carbonyl (C=O) groups is 2. The van der Waals surface area contributed by atoms with Gasteiger partial charge in [0.25, 0.3) is 0 Å². The van der Waals surface area contributed by atoms with E-state index < -0.39 is 0 Å². The molecule has 1 aliphatic heterocycles. The Balaban J connectivity index is 1.35. The molecular formula is C23H24ClN5O2S. The number of thioether (sulfide) groups is 1. The van der Waals surface area contributed by atoms with Gasteiger partial charge in [-0.25, -0.2) is 0 Å². The number of hydrogen-bond acceptors (Lipinski definition) is 5. The van der Waals surface area contributed by atoms with Crippen molar-refractivity contribution >= 4 is 40.9 Å². The van der Waals surface area contributed by atoms with Crippen LogP contribution in [0.5, 0.6) is 0 Å². The van der Waals surface area contributed by atoms with Gasteiger partial charge >= 0.3 is 0 Å². The molecule has 0 unspecified atom stereocenters. The van der Waals surface area contributed by atoms with Crippen LogP contribution in [0.4, 0.5) is 5.69 Å². The van der Waals surface area contributed by atoms with Crippen LogP contribution in [0, 0.1) is 0 Å². The van der Waals surface area contributed by atoms with Crippen LogP contribution < -0.4 is 5.32 Å². The molecule has 0 aliphatic carbocycles. The van der Waals surface area contributed by atoms with E-state index in [2.05, 4.69) is 27.6 Å². The van der Waals surface area contributed by atoms with Crippen LogP contribution in [-0.4, -0.2) is 43.8 Å². The number of nitrogens with zero attached hydrogens (tertiary/aromatic N) is 4. The van der Waals surface area contributed by atoms with Crippen molar-refractivity contribution in [2.45, 2.75) is 38.0 Å². The Bertz CT molecular complexity index is 1130. The smallest absolute Gasteiger partial charge is 0.233 e. The van der Waals surface area contributed by atoms with Crippen LogP contribution in [0.25, 0.3) is 0 Å². The van der Waals surface area contributed by atoms with Gasteiger partial charge < -0.3 is 14.8 Å². The maximum absolute atomic E-state index is 12.8. The molecule has 32 heavy (non-hydrogen) atoms. The fourth-order valence-electron chi connectivity index (χ4n) is 3.70. The number of para-hydroxylation sites is 1. The zero-order chi connectivity index (χ0) is 22.5. The Morgan fingerprint density at radius 2 is 1.84 bits per heavy atom. The molecule has 0 atom stereocenters. The van der Waals surface area contributed by atoms with Gasteiger partial charge in [-0.15, -0.1) is 10.2 Å². The van der Waals surface area contributed by atoms with E-state index in [4.69, 9.17) is 11.6 Å². The summed E-state index contributed by atoms with van der Waals surface area (Å²) in [6.45, 7) is 3.94. The number of aromatic nitrogens is 3. The van der Waals surface area contributed by atoms with E-state index in [0.717, 1.165) is 13.0 Å². The van der Waals surface area contributed by atoms with Gasteiger partial charge in [-0.3, -0.25) is 9.59 Å². The van der Waals surface area contributed by atoms with E-state index in [1.807, 2.05) is 34.6 Å². The first-order valence-corrected chi connectivity index (χ1v) is 11.8. The van der Waals surface area contributed by atoms with Crippen LogP contribution in [-0.2, 0) is 35.5 Å². The van der Waals surface area contributed by atoms with E-state index in [9.17, 15) is 9.59 Å². The Labute approximate surface area is 196 Å². The zero-order valence-electron chi connectivity index (χ0n) is 17.8. The molecule has 1 aromatic heterocycles. The molecule has 1 aliphatic rings. The standard InChI is InChI=1S/C23H24ClN5O2S/c1-2-29-20(13-21(30)25-19-10-6-5-9-18(19)24)26-27-23(29)32-15-22(31)28-12-11-16-7-3-4-8-17(16)14-28/h3-10H,2,11-15H2,1H3,(H,25,30). The van der Waals surface area contributed by atoms with E-state index in [-0.39, 0.29) is 24.0 Å². The van der Waals surface area contributed by atoms with Crippen molar-refractivity contribution in [3.05, 3.63) is 70.5 Å². The molecule has 9 heteroatoms. The lowest BCUT2D eigenvalue weighted by atomic mass is 10.00. The molecule has 2 heterocycles. The Morgan fingerprint density at radius 1 is 1.09 bits per heavy atom. The second-order valence-electron chi connectivity index (χ2n) is 7.47. The highest BCUT2D eigenvalue weighted by atomic mass is 35.5. The van der Waals surface area contributed by atoms with Crippen molar-refractivity contribution in [3.8, 4) is 0 Å². The monoisotopic (exact) mass is 469 g/mol. The lowest BCUT2D eigenvalue weighted by Gasteiger charge is -2.28. The summed E-state index contributed by atoms with van der Waals surface area (Å²) < 4.78 is 1.87. The molecule has 3 aromatic rings. The number of benzene rings is 2. The lowest BCUT2D eigenvalue weighted by molar-refractivity contribution is -0.129. The number of halogens is 1. The molecule has 2 amide bonds. The van der Waals surface area contributed by atoms with Crippen molar-refractivity contribution in [1.82, 2.24) is 19.7 Å². The summed E-state index contributed by atoms with van der Waals surface area (Å²) in [4.78, 5) is 27.1. The number of amides is 2. The summed E-state index contributed by atoms with van der Waals surface area (Å²) in [5, 5.41) is 12.3. The van der Waals surface area contributed by atoms with E-state index in [0.29, 0.717) is 34.8 Å². The fourth-order valence-corrected chi connectivity index (χ4v) is 4.81. The first-order valence-electron chi connectivity index (χ1n) is 10.5. The Kier molecular flexibility index (Phi) is 7.12.